The molecule has 3 aliphatic heterocycles. The van der Waals surface area contributed by atoms with Gasteiger partial charge in [-0.1, -0.05) is 24.3 Å². The molecule has 6 heterocycles. The summed E-state index contributed by atoms with van der Waals surface area (Å²) in [6.45, 7) is 13.7. The summed E-state index contributed by atoms with van der Waals surface area (Å²) in [5.41, 5.74) is 6.90. The van der Waals surface area contributed by atoms with E-state index in [-0.39, 0.29) is 6.04 Å². The van der Waals surface area contributed by atoms with Gasteiger partial charge in [-0.05, 0) is 57.6 Å². The van der Waals surface area contributed by atoms with Gasteiger partial charge < -0.3 is 19.3 Å². The molecule has 3 aromatic heterocycles. The second-order valence-corrected chi connectivity index (χ2v) is 11.7. The molecule has 0 N–H and O–H groups in total. The standard InChI is InChI=1S/C31H39N9/c1-21-9-10-24-11-12-28-34-33-23(3)39(28)17-16-36(4)31-20-29(37-13-7-14-37)32-30-19-26(35-40(30)31)27-8-5-6-15-38(27)22(2)25(24)18-21/h9-10,18-20,27H,2,5-8,11-17H2,1,3-4H3/t27-/m0/s1. The number of aryl methyl sites for hydroxylation is 4. The van der Waals surface area contributed by atoms with E-state index in [4.69, 9.17) is 16.7 Å². The lowest BCUT2D eigenvalue weighted by Gasteiger charge is -2.38. The van der Waals surface area contributed by atoms with E-state index in [0.717, 1.165) is 98.7 Å². The van der Waals surface area contributed by atoms with E-state index < -0.39 is 0 Å². The van der Waals surface area contributed by atoms with Gasteiger partial charge in [-0.3, -0.25) is 0 Å². The minimum Gasteiger partial charge on any atom is -0.363 e. The first-order valence-corrected chi connectivity index (χ1v) is 14.8. The molecule has 0 spiro atoms. The first-order valence-electron chi connectivity index (χ1n) is 14.8. The molecule has 4 aromatic rings. The maximum Gasteiger partial charge on any atom is 0.160 e. The van der Waals surface area contributed by atoms with Crippen LogP contribution in [0.3, 0.4) is 0 Å². The van der Waals surface area contributed by atoms with Crippen LogP contribution in [0.2, 0.25) is 0 Å². The Morgan fingerprint density at radius 3 is 2.60 bits per heavy atom. The van der Waals surface area contributed by atoms with Crippen molar-refractivity contribution < 1.29 is 0 Å². The van der Waals surface area contributed by atoms with E-state index in [9.17, 15) is 0 Å². The van der Waals surface area contributed by atoms with Crippen LogP contribution in [-0.4, -0.2) is 67.5 Å². The fourth-order valence-electron chi connectivity index (χ4n) is 6.51. The molecule has 2 saturated heterocycles. The van der Waals surface area contributed by atoms with Crippen molar-refractivity contribution in [2.75, 3.05) is 43.0 Å². The average Bonchev–Trinajstić information content (AvgIpc) is 3.51. The van der Waals surface area contributed by atoms with Crippen molar-refractivity contribution in [2.45, 2.75) is 65.0 Å². The predicted octanol–water partition coefficient (Wildman–Crippen LogP) is 4.58. The molecular weight excluding hydrogens is 498 g/mol. The molecule has 0 saturated carbocycles. The Hall–Kier alpha value is -3.88. The minimum atomic E-state index is 0.181. The predicted molar refractivity (Wildman–Crippen MR) is 159 cm³/mol. The highest BCUT2D eigenvalue weighted by Crippen LogP contribution is 2.38. The van der Waals surface area contributed by atoms with Gasteiger partial charge in [-0.15, -0.1) is 10.2 Å². The zero-order valence-electron chi connectivity index (χ0n) is 24.0. The Labute approximate surface area is 236 Å². The number of benzene rings is 1. The molecule has 1 aromatic carbocycles. The van der Waals surface area contributed by atoms with Crippen LogP contribution >= 0.6 is 0 Å². The largest absolute Gasteiger partial charge is 0.363 e. The van der Waals surface area contributed by atoms with Gasteiger partial charge in [0.25, 0.3) is 0 Å². The molecule has 0 unspecified atom stereocenters. The lowest BCUT2D eigenvalue weighted by Crippen LogP contribution is -2.38. The Bertz CT molecular complexity index is 1580. The molecule has 208 valence electrons. The molecular formula is C31H39N9. The van der Waals surface area contributed by atoms with Crippen molar-refractivity contribution >= 4 is 23.0 Å². The fraction of sp³-hybridized carbons (Fsp3) is 0.484. The third-order valence-electron chi connectivity index (χ3n) is 9.04. The van der Waals surface area contributed by atoms with E-state index in [0.29, 0.717) is 0 Å². The van der Waals surface area contributed by atoms with Crippen LogP contribution in [0.5, 0.6) is 0 Å². The number of likely N-dealkylation sites (N-methyl/N-ethyl adjacent to an activating group) is 1. The number of rotatable bonds is 1. The summed E-state index contributed by atoms with van der Waals surface area (Å²) in [5, 5.41) is 14.3. The monoisotopic (exact) mass is 537 g/mol. The zero-order valence-corrected chi connectivity index (χ0v) is 24.0. The van der Waals surface area contributed by atoms with Crippen molar-refractivity contribution in [3.8, 4) is 0 Å². The smallest absolute Gasteiger partial charge is 0.160 e. The molecule has 9 nitrogen and oxygen atoms in total. The second kappa shape index (κ2) is 9.94. The number of piperidine rings is 1. The highest BCUT2D eigenvalue weighted by Gasteiger charge is 2.30. The quantitative estimate of drug-likeness (QED) is 0.352. The van der Waals surface area contributed by atoms with Gasteiger partial charge in [-0.25, -0.2) is 4.98 Å². The van der Waals surface area contributed by atoms with Gasteiger partial charge in [0.1, 0.15) is 23.3 Å². The maximum atomic E-state index is 5.24. The van der Waals surface area contributed by atoms with Crippen molar-refractivity contribution in [1.82, 2.24) is 34.3 Å². The van der Waals surface area contributed by atoms with Gasteiger partial charge in [-0.2, -0.15) is 9.61 Å². The molecule has 0 amide bonds. The molecule has 2 bridgehead atoms. The summed E-state index contributed by atoms with van der Waals surface area (Å²) in [5.74, 6) is 4.10. The first-order chi connectivity index (χ1) is 19.5. The molecule has 7 rings (SSSR count). The van der Waals surface area contributed by atoms with E-state index in [2.05, 4.69) is 85.2 Å². The molecule has 9 heteroatoms. The summed E-state index contributed by atoms with van der Waals surface area (Å²) in [4.78, 5) is 12.3. The van der Waals surface area contributed by atoms with E-state index in [1.54, 1.807) is 0 Å². The molecule has 1 atom stereocenters. The first kappa shape index (κ1) is 25.1. The Morgan fingerprint density at radius 1 is 0.900 bits per heavy atom. The van der Waals surface area contributed by atoms with E-state index in [1.807, 2.05) is 0 Å². The lowest BCUT2D eigenvalue weighted by atomic mass is 9.93. The number of fused-ring (bicyclic) bond motifs is 5. The lowest BCUT2D eigenvalue weighted by molar-refractivity contribution is 0.226. The summed E-state index contributed by atoms with van der Waals surface area (Å²) in [6, 6.07) is 11.4. The Kier molecular flexibility index (Phi) is 6.24. The normalized spacial score (nSPS) is 19.9. The van der Waals surface area contributed by atoms with E-state index in [1.165, 1.54) is 29.5 Å². The van der Waals surface area contributed by atoms with Crippen molar-refractivity contribution in [2.24, 2.45) is 0 Å². The maximum absolute atomic E-state index is 5.24. The minimum absolute atomic E-state index is 0.181. The van der Waals surface area contributed by atoms with Crippen molar-refractivity contribution in [3.63, 3.8) is 0 Å². The van der Waals surface area contributed by atoms with Gasteiger partial charge in [0.05, 0.1) is 11.7 Å². The average molecular weight is 538 g/mol. The molecule has 2 fully saturated rings. The summed E-state index contributed by atoms with van der Waals surface area (Å²) < 4.78 is 4.33. The number of hydrogen-bond donors (Lipinski definition) is 0. The summed E-state index contributed by atoms with van der Waals surface area (Å²) >= 11 is 0. The Balaban J connectivity index is 1.39. The van der Waals surface area contributed by atoms with Crippen LogP contribution in [-0.2, 0) is 19.4 Å². The van der Waals surface area contributed by atoms with Gasteiger partial charge in [0, 0.05) is 69.6 Å². The molecule has 0 radical (unpaired) electrons. The zero-order chi connectivity index (χ0) is 27.4. The Morgan fingerprint density at radius 2 is 1.77 bits per heavy atom. The van der Waals surface area contributed by atoms with Crippen molar-refractivity contribution in [3.05, 3.63) is 70.9 Å². The summed E-state index contributed by atoms with van der Waals surface area (Å²) in [7, 11) is 2.16. The number of hydrogen-bond acceptors (Lipinski definition) is 7. The third kappa shape index (κ3) is 4.32. The fourth-order valence-corrected chi connectivity index (χ4v) is 6.51. The second-order valence-electron chi connectivity index (χ2n) is 11.7. The van der Waals surface area contributed by atoms with Crippen LogP contribution in [0.4, 0.5) is 11.6 Å². The van der Waals surface area contributed by atoms with Crippen molar-refractivity contribution in [1.29, 1.82) is 0 Å². The highest BCUT2D eigenvalue weighted by atomic mass is 15.4. The van der Waals surface area contributed by atoms with E-state index >= 15 is 0 Å². The number of nitrogens with zero attached hydrogens (tertiary/aromatic N) is 9. The summed E-state index contributed by atoms with van der Waals surface area (Å²) in [6.07, 6.45) is 6.39. The van der Waals surface area contributed by atoms with Gasteiger partial charge >= 0.3 is 0 Å². The van der Waals surface area contributed by atoms with Crippen LogP contribution in [0.1, 0.15) is 65.8 Å². The van der Waals surface area contributed by atoms with Crippen LogP contribution in [0, 0.1) is 13.8 Å². The van der Waals surface area contributed by atoms with Crippen LogP contribution in [0.15, 0.2) is 36.9 Å². The third-order valence-corrected chi connectivity index (χ3v) is 9.04. The topological polar surface area (TPSA) is 70.6 Å². The molecule has 3 aliphatic rings. The van der Waals surface area contributed by atoms with Gasteiger partial charge in [0.15, 0.2) is 5.65 Å². The molecule has 0 aliphatic carbocycles. The van der Waals surface area contributed by atoms with Gasteiger partial charge in [0.2, 0.25) is 0 Å². The molecule has 40 heavy (non-hydrogen) atoms. The SMILES string of the molecule is C=C1c2cc(C)ccc2CCc2nnc(C)n2CCN(C)c2cc(N3CCC3)nc3cc(nn23)[C@@H]2CCCCN12. The highest BCUT2D eigenvalue weighted by molar-refractivity contribution is 5.67. The van der Waals surface area contributed by atoms with Crippen LogP contribution < -0.4 is 9.80 Å². The van der Waals surface area contributed by atoms with Crippen LogP contribution in [0.25, 0.3) is 11.3 Å². The number of anilines is 2. The number of aromatic nitrogens is 6.